The van der Waals surface area contributed by atoms with Crippen LogP contribution in [0.2, 0.25) is 0 Å². The first-order valence-electron chi connectivity index (χ1n) is 6.55. The molecule has 3 N–H and O–H groups in total. The number of amides is 1. The molecular formula is C14H19ClN2O2. The zero-order valence-electron chi connectivity index (χ0n) is 10.6. The number of halogens is 1. The van der Waals surface area contributed by atoms with E-state index in [0.29, 0.717) is 6.42 Å². The van der Waals surface area contributed by atoms with Crippen LogP contribution >= 0.6 is 12.4 Å². The van der Waals surface area contributed by atoms with Gasteiger partial charge in [0.25, 0.3) is 0 Å². The van der Waals surface area contributed by atoms with Gasteiger partial charge in [0, 0.05) is 6.42 Å². The van der Waals surface area contributed by atoms with Crippen molar-refractivity contribution >= 4 is 18.3 Å². The summed E-state index contributed by atoms with van der Waals surface area (Å²) in [5, 5.41) is 16.2. The zero-order valence-corrected chi connectivity index (χ0v) is 11.5. The van der Waals surface area contributed by atoms with Crippen LogP contribution in [0, 0.1) is 0 Å². The Balaban J connectivity index is 0.00000133. The molecule has 0 saturated carbocycles. The first kappa shape index (κ1) is 14.3. The maximum absolute atomic E-state index is 12.1. The summed E-state index contributed by atoms with van der Waals surface area (Å²) in [4.78, 5) is 12.1. The largest absolute Gasteiger partial charge is 0.390 e. The predicted molar refractivity (Wildman–Crippen MR) is 75.3 cm³/mol. The SMILES string of the molecule is Cl.O=C(N[C@H]1c2ccccc2C[C@H]1O)[C@@H]1CCCN1. The fraction of sp³-hybridized carbons (Fsp3) is 0.500. The van der Waals surface area contributed by atoms with Crippen molar-refractivity contribution < 1.29 is 9.90 Å². The summed E-state index contributed by atoms with van der Waals surface area (Å²) in [6.45, 7) is 0.905. The number of aliphatic hydroxyl groups is 1. The minimum Gasteiger partial charge on any atom is -0.390 e. The summed E-state index contributed by atoms with van der Waals surface area (Å²) in [7, 11) is 0. The molecule has 0 radical (unpaired) electrons. The summed E-state index contributed by atoms with van der Waals surface area (Å²) in [5.74, 6) is 0.00764. The standard InChI is InChI=1S/C14H18N2O2.ClH/c17-12-8-9-4-1-2-5-10(9)13(12)16-14(18)11-6-3-7-15-11;/h1-2,4-5,11-13,15,17H,3,6-8H2,(H,16,18);1H/t11-,12+,13-;/m0./s1. The van der Waals surface area contributed by atoms with Gasteiger partial charge in [0.2, 0.25) is 5.91 Å². The molecule has 4 nitrogen and oxygen atoms in total. The zero-order chi connectivity index (χ0) is 12.5. The second-order valence-electron chi connectivity index (χ2n) is 5.11. The highest BCUT2D eigenvalue weighted by molar-refractivity contribution is 5.85. The Bertz CT molecular complexity index is 461. The van der Waals surface area contributed by atoms with Crippen molar-refractivity contribution in [2.24, 2.45) is 0 Å². The Hall–Kier alpha value is -1.10. The third kappa shape index (κ3) is 2.76. The lowest BCUT2D eigenvalue weighted by Crippen LogP contribution is -2.44. The van der Waals surface area contributed by atoms with E-state index < -0.39 is 6.10 Å². The Kier molecular flexibility index (Phi) is 4.45. The van der Waals surface area contributed by atoms with Gasteiger partial charge >= 0.3 is 0 Å². The third-order valence-corrected chi connectivity index (χ3v) is 3.88. The molecule has 5 heteroatoms. The van der Waals surface area contributed by atoms with Gasteiger partial charge in [-0.3, -0.25) is 4.79 Å². The molecule has 1 saturated heterocycles. The molecule has 1 heterocycles. The topological polar surface area (TPSA) is 61.4 Å². The summed E-state index contributed by atoms with van der Waals surface area (Å²) < 4.78 is 0. The lowest BCUT2D eigenvalue weighted by molar-refractivity contribution is -0.124. The van der Waals surface area contributed by atoms with E-state index >= 15 is 0 Å². The number of rotatable bonds is 2. The first-order valence-corrected chi connectivity index (χ1v) is 6.55. The molecule has 0 unspecified atom stereocenters. The van der Waals surface area contributed by atoms with E-state index in [1.54, 1.807) is 0 Å². The summed E-state index contributed by atoms with van der Waals surface area (Å²) >= 11 is 0. The van der Waals surface area contributed by atoms with Gasteiger partial charge in [-0.05, 0) is 30.5 Å². The quantitative estimate of drug-likeness (QED) is 0.756. The maximum Gasteiger partial charge on any atom is 0.237 e. The van der Waals surface area contributed by atoms with Crippen LogP contribution in [0.15, 0.2) is 24.3 Å². The van der Waals surface area contributed by atoms with Crippen molar-refractivity contribution in [3.8, 4) is 0 Å². The van der Waals surface area contributed by atoms with Gasteiger partial charge in [0.15, 0.2) is 0 Å². The van der Waals surface area contributed by atoms with Gasteiger partial charge < -0.3 is 15.7 Å². The predicted octanol–water partition coefficient (Wildman–Crippen LogP) is 0.935. The number of carbonyl (C=O) groups is 1. The van der Waals surface area contributed by atoms with Gasteiger partial charge in [-0.15, -0.1) is 12.4 Å². The highest BCUT2D eigenvalue weighted by Gasteiger charge is 2.33. The molecule has 19 heavy (non-hydrogen) atoms. The monoisotopic (exact) mass is 282 g/mol. The first-order chi connectivity index (χ1) is 8.75. The summed E-state index contributed by atoms with van der Waals surface area (Å²) in [6, 6.07) is 7.57. The molecule has 1 aliphatic carbocycles. The van der Waals surface area contributed by atoms with Crippen LogP contribution < -0.4 is 10.6 Å². The molecule has 0 aromatic heterocycles. The smallest absolute Gasteiger partial charge is 0.237 e. The van der Waals surface area contributed by atoms with E-state index in [1.807, 2.05) is 24.3 Å². The van der Waals surface area contributed by atoms with E-state index in [-0.39, 0.29) is 30.4 Å². The van der Waals surface area contributed by atoms with Crippen LogP contribution in [0.1, 0.15) is 30.0 Å². The number of nitrogens with one attached hydrogen (secondary N) is 2. The van der Waals surface area contributed by atoms with Crippen molar-refractivity contribution in [1.29, 1.82) is 0 Å². The molecule has 1 aliphatic heterocycles. The number of fused-ring (bicyclic) bond motifs is 1. The van der Waals surface area contributed by atoms with Crippen LogP contribution in [0.25, 0.3) is 0 Å². The van der Waals surface area contributed by atoms with E-state index in [2.05, 4.69) is 10.6 Å². The minimum absolute atomic E-state index is 0. The number of benzene rings is 1. The van der Waals surface area contributed by atoms with Crippen molar-refractivity contribution in [1.82, 2.24) is 10.6 Å². The van der Waals surface area contributed by atoms with Gasteiger partial charge in [-0.25, -0.2) is 0 Å². The fourth-order valence-corrected chi connectivity index (χ4v) is 2.91. The lowest BCUT2D eigenvalue weighted by atomic mass is 10.1. The number of carbonyl (C=O) groups excluding carboxylic acids is 1. The number of aliphatic hydroxyl groups excluding tert-OH is 1. The molecule has 1 fully saturated rings. The van der Waals surface area contributed by atoms with Crippen molar-refractivity contribution in [2.75, 3.05) is 6.54 Å². The molecule has 0 spiro atoms. The molecule has 1 aromatic rings. The van der Waals surface area contributed by atoms with E-state index in [9.17, 15) is 9.90 Å². The Morgan fingerprint density at radius 3 is 2.89 bits per heavy atom. The van der Waals surface area contributed by atoms with Gasteiger partial charge in [0.05, 0.1) is 18.2 Å². The van der Waals surface area contributed by atoms with E-state index in [4.69, 9.17) is 0 Å². The van der Waals surface area contributed by atoms with Crippen molar-refractivity contribution in [2.45, 2.75) is 37.5 Å². The molecule has 104 valence electrons. The number of hydrogen-bond donors (Lipinski definition) is 3. The van der Waals surface area contributed by atoms with Crippen molar-refractivity contribution in [3.05, 3.63) is 35.4 Å². The molecule has 3 rings (SSSR count). The molecule has 1 aromatic carbocycles. The Morgan fingerprint density at radius 2 is 2.16 bits per heavy atom. The number of hydrogen-bond acceptors (Lipinski definition) is 3. The average Bonchev–Trinajstić information content (AvgIpc) is 2.98. The average molecular weight is 283 g/mol. The van der Waals surface area contributed by atoms with Crippen LogP contribution in [0.3, 0.4) is 0 Å². The van der Waals surface area contributed by atoms with Crippen LogP contribution in [-0.4, -0.2) is 29.7 Å². The second-order valence-corrected chi connectivity index (χ2v) is 5.11. The second kappa shape index (κ2) is 5.90. The molecule has 2 aliphatic rings. The highest BCUT2D eigenvalue weighted by atomic mass is 35.5. The lowest BCUT2D eigenvalue weighted by Gasteiger charge is -2.20. The molecule has 0 bridgehead atoms. The Morgan fingerprint density at radius 1 is 1.37 bits per heavy atom. The molecule has 3 atom stereocenters. The third-order valence-electron chi connectivity index (χ3n) is 3.88. The van der Waals surface area contributed by atoms with Crippen LogP contribution in [0.4, 0.5) is 0 Å². The summed E-state index contributed by atoms with van der Waals surface area (Å²) in [6.07, 6.45) is 2.05. The van der Waals surface area contributed by atoms with Gasteiger partial charge in [0.1, 0.15) is 0 Å². The fourth-order valence-electron chi connectivity index (χ4n) is 2.91. The molecular weight excluding hydrogens is 264 g/mol. The minimum atomic E-state index is -0.507. The summed E-state index contributed by atoms with van der Waals surface area (Å²) in [5.41, 5.74) is 2.19. The highest BCUT2D eigenvalue weighted by Crippen LogP contribution is 2.31. The van der Waals surface area contributed by atoms with Gasteiger partial charge in [-0.2, -0.15) is 0 Å². The normalized spacial score (nSPS) is 28.6. The van der Waals surface area contributed by atoms with Crippen LogP contribution in [0.5, 0.6) is 0 Å². The van der Waals surface area contributed by atoms with Gasteiger partial charge in [-0.1, -0.05) is 24.3 Å². The molecule has 1 amide bonds. The Labute approximate surface area is 119 Å². The van der Waals surface area contributed by atoms with Crippen LogP contribution in [-0.2, 0) is 11.2 Å². The maximum atomic E-state index is 12.1. The van der Waals surface area contributed by atoms with E-state index in [0.717, 1.165) is 30.5 Å². The van der Waals surface area contributed by atoms with E-state index in [1.165, 1.54) is 0 Å². The van der Waals surface area contributed by atoms with Crippen molar-refractivity contribution in [3.63, 3.8) is 0 Å².